The van der Waals surface area contributed by atoms with E-state index in [9.17, 15) is 23.5 Å². The summed E-state index contributed by atoms with van der Waals surface area (Å²) in [4.78, 5) is 25.2. The smallest absolute Gasteiger partial charge is 0.317 e. The van der Waals surface area contributed by atoms with Crippen LogP contribution in [0.25, 0.3) is 0 Å². The first-order valence-corrected chi connectivity index (χ1v) is 7.94. The monoisotopic (exact) mass is 334 g/mol. The van der Waals surface area contributed by atoms with Crippen LogP contribution in [0.5, 0.6) is 0 Å². The van der Waals surface area contributed by atoms with Gasteiger partial charge in [0.25, 0.3) is 0 Å². The number of hydrogen-bond donors (Lipinski definition) is 2. The number of methoxy groups -OCH3 is 1. The number of ether oxygens (including phenoxy) is 1. The number of urea groups is 1. The number of alkyl halides is 2. The van der Waals surface area contributed by atoms with Crippen molar-refractivity contribution in [2.24, 2.45) is 11.3 Å². The van der Waals surface area contributed by atoms with Gasteiger partial charge in [-0.25, -0.2) is 13.6 Å². The van der Waals surface area contributed by atoms with Gasteiger partial charge in [0.05, 0.1) is 6.61 Å². The van der Waals surface area contributed by atoms with Gasteiger partial charge in [-0.05, 0) is 32.1 Å². The van der Waals surface area contributed by atoms with Gasteiger partial charge in [0.1, 0.15) is 5.41 Å². The fraction of sp³-hybridized carbons (Fsp3) is 0.867. The molecule has 1 heterocycles. The molecule has 2 amide bonds. The second-order valence-corrected chi connectivity index (χ2v) is 6.59. The molecule has 1 saturated carbocycles. The van der Waals surface area contributed by atoms with Gasteiger partial charge in [-0.2, -0.15) is 0 Å². The number of likely N-dealkylation sites (tertiary alicyclic amines) is 1. The van der Waals surface area contributed by atoms with Crippen LogP contribution in [0.1, 0.15) is 32.1 Å². The molecule has 1 atom stereocenters. The minimum absolute atomic E-state index is 0.0611. The number of amides is 2. The Morgan fingerprint density at radius 3 is 2.52 bits per heavy atom. The van der Waals surface area contributed by atoms with E-state index >= 15 is 0 Å². The molecule has 0 radical (unpaired) electrons. The quantitative estimate of drug-likeness (QED) is 0.805. The summed E-state index contributed by atoms with van der Waals surface area (Å²) >= 11 is 0. The summed E-state index contributed by atoms with van der Waals surface area (Å²) in [6.45, 7) is 0.522. The Morgan fingerprint density at radius 2 is 2.00 bits per heavy atom. The average molecular weight is 334 g/mol. The van der Waals surface area contributed by atoms with Crippen LogP contribution < -0.4 is 5.32 Å². The molecule has 132 valence electrons. The van der Waals surface area contributed by atoms with E-state index in [1.54, 1.807) is 0 Å². The lowest BCUT2D eigenvalue weighted by atomic mass is 9.86. The highest BCUT2D eigenvalue weighted by molar-refractivity contribution is 5.80. The van der Waals surface area contributed by atoms with Gasteiger partial charge in [-0.15, -0.1) is 0 Å². The van der Waals surface area contributed by atoms with Crippen molar-refractivity contribution in [2.45, 2.75) is 44.6 Å². The molecule has 0 aromatic rings. The average Bonchev–Trinajstić information content (AvgIpc) is 2.94. The van der Waals surface area contributed by atoms with E-state index in [-0.39, 0.29) is 25.2 Å². The molecule has 1 aliphatic carbocycles. The molecule has 2 N–H and O–H groups in total. The third-order valence-corrected chi connectivity index (χ3v) is 4.97. The fourth-order valence-electron chi connectivity index (χ4n) is 3.46. The molecule has 2 rings (SSSR count). The molecular formula is C15H24F2N2O4. The second kappa shape index (κ2) is 7.42. The van der Waals surface area contributed by atoms with Gasteiger partial charge in [-0.3, -0.25) is 4.79 Å². The molecule has 8 heteroatoms. The van der Waals surface area contributed by atoms with Crippen molar-refractivity contribution in [3.63, 3.8) is 0 Å². The normalized spacial score (nSPS) is 31.4. The number of aliphatic carboxylic acids is 1. The molecule has 23 heavy (non-hydrogen) atoms. The van der Waals surface area contributed by atoms with E-state index in [1.165, 1.54) is 12.0 Å². The van der Waals surface area contributed by atoms with Crippen LogP contribution in [-0.2, 0) is 9.53 Å². The van der Waals surface area contributed by atoms with Crippen molar-refractivity contribution in [1.29, 1.82) is 0 Å². The van der Waals surface area contributed by atoms with Gasteiger partial charge in [-0.1, -0.05) is 0 Å². The lowest BCUT2D eigenvalue weighted by Gasteiger charge is -2.30. The molecule has 2 fully saturated rings. The summed E-state index contributed by atoms with van der Waals surface area (Å²) in [6.07, 6.45) is -0.0539. The number of nitrogens with one attached hydrogen (secondary N) is 1. The Hall–Kier alpha value is -1.44. The number of carboxylic acid groups (broad SMARTS) is 1. The predicted octanol–water partition coefficient (Wildman–Crippen LogP) is 1.94. The maximum atomic E-state index is 12.6. The predicted molar refractivity (Wildman–Crippen MR) is 78.4 cm³/mol. The summed E-state index contributed by atoms with van der Waals surface area (Å²) < 4.78 is 30.2. The standard InChI is InChI=1S/C15H24F2N2O4/c1-23-9-15(13(20)21)6-7-19(8-15)14(22)18-11-4-2-10(3-5-11)12(16)17/h10-12H,2-9H2,1H3,(H,18,22)(H,20,21). The van der Waals surface area contributed by atoms with Crippen molar-refractivity contribution in [1.82, 2.24) is 10.2 Å². The molecule has 0 aromatic heterocycles. The highest BCUT2D eigenvalue weighted by Crippen LogP contribution is 2.32. The Balaban J connectivity index is 1.84. The number of rotatable bonds is 5. The van der Waals surface area contributed by atoms with Gasteiger partial charge >= 0.3 is 12.0 Å². The van der Waals surface area contributed by atoms with E-state index in [0.29, 0.717) is 38.6 Å². The molecule has 0 spiro atoms. The van der Waals surface area contributed by atoms with Gasteiger partial charge < -0.3 is 20.1 Å². The van der Waals surface area contributed by atoms with Gasteiger partial charge in [0.15, 0.2) is 0 Å². The van der Waals surface area contributed by atoms with Crippen molar-refractivity contribution in [2.75, 3.05) is 26.8 Å². The van der Waals surface area contributed by atoms with Crippen molar-refractivity contribution in [3.8, 4) is 0 Å². The largest absolute Gasteiger partial charge is 0.481 e. The molecule has 0 aromatic carbocycles. The molecule has 2 aliphatic rings. The third kappa shape index (κ3) is 4.10. The van der Waals surface area contributed by atoms with E-state index in [2.05, 4.69) is 5.32 Å². The maximum absolute atomic E-state index is 12.6. The first kappa shape index (κ1) is 17.9. The number of carboxylic acids is 1. The SMILES string of the molecule is COCC1(C(=O)O)CCN(C(=O)NC2CCC(C(F)F)CC2)C1. The first-order valence-electron chi connectivity index (χ1n) is 7.94. The zero-order chi connectivity index (χ0) is 17.0. The number of hydrogen-bond acceptors (Lipinski definition) is 3. The van der Waals surface area contributed by atoms with Crippen molar-refractivity contribution < 1.29 is 28.2 Å². The van der Waals surface area contributed by atoms with Crippen molar-refractivity contribution in [3.05, 3.63) is 0 Å². The van der Waals surface area contributed by atoms with Crippen molar-refractivity contribution >= 4 is 12.0 Å². The second-order valence-electron chi connectivity index (χ2n) is 6.59. The molecule has 1 aliphatic heterocycles. The highest BCUT2D eigenvalue weighted by atomic mass is 19.3. The molecule has 6 nitrogen and oxygen atoms in total. The van der Waals surface area contributed by atoms with Crippen LogP contribution in [0.3, 0.4) is 0 Å². The van der Waals surface area contributed by atoms with Crippen LogP contribution >= 0.6 is 0 Å². The van der Waals surface area contributed by atoms with E-state index in [1.807, 2.05) is 0 Å². The summed E-state index contributed by atoms with van der Waals surface area (Å²) in [5.41, 5.74) is -1.06. The maximum Gasteiger partial charge on any atom is 0.317 e. The Labute approximate surface area is 134 Å². The number of carbonyl (C=O) groups is 2. The molecular weight excluding hydrogens is 310 g/mol. The Morgan fingerprint density at radius 1 is 1.35 bits per heavy atom. The van der Waals surface area contributed by atoms with Crippen LogP contribution in [0.4, 0.5) is 13.6 Å². The van der Waals surface area contributed by atoms with E-state index < -0.39 is 23.7 Å². The summed E-state index contributed by atoms with van der Waals surface area (Å²) in [5.74, 6) is -1.54. The lowest BCUT2D eigenvalue weighted by Crippen LogP contribution is -2.47. The lowest BCUT2D eigenvalue weighted by molar-refractivity contribution is -0.151. The van der Waals surface area contributed by atoms with Crippen LogP contribution in [0, 0.1) is 11.3 Å². The summed E-state index contributed by atoms with van der Waals surface area (Å²) in [6, 6.07) is -0.426. The molecule has 0 bridgehead atoms. The molecule has 1 unspecified atom stereocenters. The zero-order valence-corrected chi connectivity index (χ0v) is 13.3. The minimum Gasteiger partial charge on any atom is -0.481 e. The van der Waals surface area contributed by atoms with Gasteiger partial charge in [0.2, 0.25) is 6.43 Å². The molecule has 1 saturated heterocycles. The number of carbonyl (C=O) groups excluding carboxylic acids is 1. The van der Waals surface area contributed by atoms with Crippen LogP contribution in [-0.4, -0.2) is 61.3 Å². The summed E-state index contributed by atoms with van der Waals surface area (Å²) in [7, 11) is 1.44. The highest BCUT2D eigenvalue weighted by Gasteiger charge is 2.46. The van der Waals surface area contributed by atoms with Crippen LogP contribution in [0.15, 0.2) is 0 Å². The van der Waals surface area contributed by atoms with E-state index in [4.69, 9.17) is 4.74 Å². The Bertz CT molecular complexity index is 441. The number of halogens is 2. The zero-order valence-electron chi connectivity index (χ0n) is 13.3. The van der Waals surface area contributed by atoms with Crippen LogP contribution in [0.2, 0.25) is 0 Å². The third-order valence-electron chi connectivity index (χ3n) is 4.97. The summed E-state index contributed by atoms with van der Waals surface area (Å²) in [5, 5.41) is 12.2. The van der Waals surface area contributed by atoms with Gasteiger partial charge in [0, 0.05) is 32.2 Å². The minimum atomic E-state index is -2.30. The Kier molecular flexibility index (Phi) is 5.78. The van der Waals surface area contributed by atoms with E-state index in [0.717, 1.165) is 0 Å². The topological polar surface area (TPSA) is 78.9 Å². The number of nitrogens with zero attached hydrogens (tertiary/aromatic N) is 1. The first-order chi connectivity index (χ1) is 10.9. The fourth-order valence-corrected chi connectivity index (χ4v) is 3.46.